The fourth-order valence-electron chi connectivity index (χ4n) is 1.70. The van der Waals surface area contributed by atoms with Gasteiger partial charge in [0.25, 0.3) is 5.91 Å². The van der Waals surface area contributed by atoms with Crippen LogP contribution in [0, 0.1) is 13.8 Å². The largest absolute Gasteiger partial charge is 0.466 e. The van der Waals surface area contributed by atoms with Crippen LogP contribution in [0.2, 0.25) is 0 Å². The fourth-order valence-corrected chi connectivity index (χ4v) is 1.70. The van der Waals surface area contributed by atoms with E-state index in [1.54, 1.807) is 40.7 Å². The molecule has 8 heteroatoms. The summed E-state index contributed by atoms with van der Waals surface area (Å²) in [5.74, 6) is 0.182. The molecule has 23 heavy (non-hydrogen) atoms. The summed E-state index contributed by atoms with van der Waals surface area (Å²) >= 11 is 0. The highest BCUT2D eigenvalue weighted by molar-refractivity contribution is 5.96. The molecule has 0 saturated carbocycles. The van der Waals surface area contributed by atoms with E-state index < -0.39 is 23.5 Å². The Hall–Kier alpha value is -2.51. The maximum absolute atomic E-state index is 11.8. The number of amides is 3. The van der Waals surface area contributed by atoms with Gasteiger partial charge in [0.05, 0.1) is 5.56 Å². The highest BCUT2D eigenvalue weighted by atomic mass is 16.6. The number of ether oxygens (including phenoxy) is 1. The SMILES string of the molecule is Cc1cc(C(=O)NNC(=O)CCNC(=O)OC(C)(C)C)c(C)o1. The summed E-state index contributed by atoms with van der Waals surface area (Å²) < 4.78 is 10.3. The Labute approximate surface area is 134 Å². The molecule has 0 saturated heterocycles. The second-order valence-electron chi connectivity index (χ2n) is 6.01. The van der Waals surface area contributed by atoms with Gasteiger partial charge in [0.15, 0.2) is 0 Å². The second-order valence-corrected chi connectivity index (χ2v) is 6.01. The third-order valence-corrected chi connectivity index (χ3v) is 2.62. The lowest BCUT2D eigenvalue weighted by Gasteiger charge is -2.19. The van der Waals surface area contributed by atoms with Gasteiger partial charge in [-0.15, -0.1) is 0 Å². The van der Waals surface area contributed by atoms with Gasteiger partial charge in [-0.25, -0.2) is 4.79 Å². The number of alkyl carbamates (subject to hydrolysis) is 1. The number of furan rings is 1. The van der Waals surface area contributed by atoms with Crippen molar-refractivity contribution in [2.45, 2.75) is 46.6 Å². The molecule has 0 spiro atoms. The van der Waals surface area contributed by atoms with E-state index in [0.717, 1.165) is 0 Å². The zero-order valence-corrected chi connectivity index (χ0v) is 14.0. The molecule has 0 atom stereocenters. The van der Waals surface area contributed by atoms with E-state index in [4.69, 9.17) is 9.15 Å². The van der Waals surface area contributed by atoms with Crippen molar-refractivity contribution in [1.82, 2.24) is 16.2 Å². The number of nitrogens with one attached hydrogen (secondary N) is 3. The van der Waals surface area contributed by atoms with Gasteiger partial charge in [0.1, 0.15) is 17.1 Å². The highest BCUT2D eigenvalue weighted by Crippen LogP contribution is 2.12. The highest BCUT2D eigenvalue weighted by Gasteiger charge is 2.16. The van der Waals surface area contributed by atoms with Crippen molar-refractivity contribution in [3.8, 4) is 0 Å². The van der Waals surface area contributed by atoms with Crippen LogP contribution < -0.4 is 16.2 Å². The zero-order valence-electron chi connectivity index (χ0n) is 14.0. The molecule has 1 aromatic rings. The molecule has 0 radical (unpaired) electrons. The second kappa shape index (κ2) is 7.66. The summed E-state index contributed by atoms with van der Waals surface area (Å²) in [6.45, 7) is 8.72. The minimum atomic E-state index is -0.598. The first-order valence-corrected chi connectivity index (χ1v) is 7.21. The van der Waals surface area contributed by atoms with Gasteiger partial charge in [-0.2, -0.15) is 0 Å². The molecule has 1 rings (SSSR count). The Kier molecular flexibility index (Phi) is 6.18. The van der Waals surface area contributed by atoms with Gasteiger partial charge in [-0.3, -0.25) is 20.4 Å². The van der Waals surface area contributed by atoms with Crippen LogP contribution in [0.15, 0.2) is 10.5 Å². The number of aryl methyl sites for hydroxylation is 2. The average Bonchev–Trinajstić information content (AvgIpc) is 2.73. The molecule has 0 aliphatic carbocycles. The predicted octanol–water partition coefficient (Wildman–Crippen LogP) is 1.57. The van der Waals surface area contributed by atoms with Crippen LogP contribution in [0.4, 0.5) is 4.79 Å². The molecule has 128 valence electrons. The zero-order chi connectivity index (χ0) is 17.6. The number of carbonyl (C=O) groups is 3. The summed E-state index contributed by atoms with van der Waals surface area (Å²) in [5.41, 5.74) is 4.31. The van der Waals surface area contributed by atoms with Crippen LogP contribution in [0.3, 0.4) is 0 Å². The van der Waals surface area contributed by atoms with Crippen LogP contribution in [-0.2, 0) is 9.53 Å². The Morgan fingerprint density at radius 2 is 1.83 bits per heavy atom. The first-order chi connectivity index (χ1) is 10.6. The van der Waals surface area contributed by atoms with Gasteiger partial charge in [-0.05, 0) is 40.7 Å². The summed E-state index contributed by atoms with van der Waals surface area (Å²) in [7, 11) is 0. The van der Waals surface area contributed by atoms with E-state index in [0.29, 0.717) is 17.1 Å². The number of hydrogen-bond donors (Lipinski definition) is 3. The molecule has 1 heterocycles. The molecular formula is C15H23N3O5. The molecule has 1 aromatic heterocycles. The van der Waals surface area contributed by atoms with E-state index in [1.807, 2.05) is 0 Å². The third kappa shape index (κ3) is 6.86. The molecule has 3 N–H and O–H groups in total. The first-order valence-electron chi connectivity index (χ1n) is 7.21. The summed E-state index contributed by atoms with van der Waals surface area (Å²) in [6, 6.07) is 1.58. The van der Waals surface area contributed by atoms with Gasteiger partial charge in [-0.1, -0.05) is 0 Å². The maximum Gasteiger partial charge on any atom is 0.407 e. The van der Waals surface area contributed by atoms with Crippen LogP contribution in [-0.4, -0.2) is 30.1 Å². The average molecular weight is 325 g/mol. The van der Waals surface area contributed by atoms with Gasteiger partial charge < -0.3 is 14.5 Å². The lowest BCUT2D eigenvalue weighted by atomic mass is 10.2. The van der Waals surface area contributed by atoms with E-state index in [-0.39, 0.29) is 13.0 Å². The number of rotatable bonds is 4. The third-order valence-electron chi connectivity index (χ3n) is 2.62. The minimum Gasteiger partial charge on any atom is -0.466 e. The van der Waals surface area contributed by atoms with Crippen molar-refractivity contribution in [3.63, 3.8) is 0 Å². The number of hydrazine groups is 1. The van der Waals surface area contributed by atoms with E-state index in [2.05, 4.69) is 16.2 Å². The first kappa shape index (κ1) is 18.5. The van der Waals surface area contributed by atoms with Gasteiger partial charge in [0, 0.05) is 13.0 Å². The molecule has 0 bridgehead atoms. The number of hydrogen-bond acceptors (Lipinski definition) is 5. The van der Waals surface area contributed by atoms with Crippen molar-refractivity contribution in [1.29, 1.82) is 0 Å². The quantitative estimate of drug-likeness (QED) is 0.728. The van der Waals surface area contributed by atoms with Crippen LogP contribution >= 0.6 is 0 Å². The Morgan fingerprint density at radius 1 is 1.17 bits per heavy atom. The van der Waals surface area contributed by atoms with Crippen LogP contribution in [0.1, 0.15) is 49.1 Å². The monoisotopic (exact) mass is 325 g/mol. The van der Waals surface area contributed by atoms with Crippen molar-refractivity contribution >= 4 is 17.9 Å². The Morgan fingerprint density at radius 3 is 2.35 bits per heavy atom. The van der Waals surface area contributed by atoms with Crippen LogP contribution in [0.5, 0.6) is 0 Å². The minimum absolute atomic E-state index is 0.00290. The maximum atomic E-state index is 11.8. The predicted molar refractivity (Wildman–Crippen MR) is 82.6 cm³/mol. The molecule has 0 aromatic carbocycles. The normalized spacial score (nSPS) is 10.8. The summed E-state index contributed by atoms with van der Waals surface area (Å²) in [5, 5.41) is 2.45. The van der Waals surface area contributed by atoms with Gasteiger partial charge >= 0.3 is 6.09 Å². The van der Waals surface area contributed by atoms with Crippen molar-refractivity contribution in [2.24, 2.45) is 0 Å². The van der Waals surface area contributed by atoms with Crippen molar-refractivity contribution in [2.75, 3.05) is 6.54 Å². The fraction of sp³-hybridized carbons (Fsp3) is 0.533. The van der Waals surface area contributed by atoms with Crippen LogP contribution in [0.25, 0.3) is 0 Å². The Balaban J connectivity index is 2.28. The molecule has 0 aliphatic heterocycles. The van der Waals surface area contributed by atoms with E-state index in [1.165, 1.54) is 0 Å². The lowest BCUT2D eigenvalue weighted by Crippen LogP contribution is -2.43. The Bertz CT molecular complexity index is 586. The van der Waals surface area contributed by atoms with E-state index >= 15 is 0 Å². The summed E-state index contributed by atoms with van der Waals surface area (Å²) in [4.78, 5) is 34.8. The van der Waals surface area contributed by atoms with Gasteiger partial charge in [0.2, 0.25) is 5.91 Å². The molecule has 8 nitrogen and oxygen atoms in total. The standard InChI is InChI=1S/C15H23N3O5/c1-9-8-11(10(2)22-9)13(20)18-17-12(19)6-7-16-14(21)23-15(3,4)5/h8H,6-7H2,1-5H3,(H,16,21)(H,17,19)(H,18,20). The number of carbonyl (C=O) groups excluding carboxylic acids is 3. The molecule has 0 aliphatic rings. The van der Waals surface area contributed by atoms with Crippen molar-refractivity contribution in [3.05, 3.63) is 23.2 Å². The lowest BCUT2D eigenvalue weighted by molar-refractivity contribution is -0.121. The molecule has 0 fully saturated rings. The molecule has 0 unspecified atom stereocenters. The van der Waals surface area contributed by atoms with E-state index in [9.17, 15) is 14.4 Å². The topological polar surface area (TPSA) is 110 Å². The smallest absolute Gasteiger partial charge is 0.407 e. The molecular weight excluding hydrogens is 302 g/mol. The summed E-state index contributed by atoms with van der Waals surface area (Å²) in [6.07, 6.45) is -0.595. The molecule has 3 amide bonds. The van der Waals surface area contributed by atoms with Crippen molar-refractivity contribution < 1.29 is 23.5 Å².